The Morgan fingerprint density at radius 2 is 2.17 bits per heavy atom. The lowest BCUT2D eigenvalue weighted by Crippen LogP contribution is -1.99. The van der Waals surface area contributed by atoms with Crippen molar-refractivity contribution in [2.45, 2.75) is 13.5 Å². The van der Waals surface area contributed by atoms with E-state index in [-0.39, 0.29) is 0 Å². The van der Waals surface area contributed by atoms with Crippen molar-refractivity contribution in [3.63, 3.8) is 0 Å². The highest BCUT2D eigenvalue weighted by atomic mass is 79.9. The maximum absolute atomic E-state index is 10.8. The Morgan fingerprint density at radius 3 is 2.83 bits per heavy atom. The van der Waals surface area contributed by atoms with Crippen molar-refractivity contribution in [2.24, 2.45) is 0 Å². The van der Waals surface area contributed by atoms with Gasteiger partial charge in [-0.2, -0.15) is 0 Å². The molecule has 0 fully saturated rings. The fraction of sp³-hybridized carbons (Fsp3) is 0.154. The quantitative estimate of drug-likeness (QED) is 0.888. The second kappa shape index (κ2) is 5.54. The second-order valence-electron chi connectivity index (χ2n) is 3.84. The normalized spacial score (nSPS) is 10.3. The molecule has 0 bridgehead atoms. The van der Waals surface area contributed by atoms with Crippen LogP contribution in [0.15, 0.2) is 34.8 Å². The Labute approximate surface area is 118 Å². The highest BCUT2D eigenvalue weighted by Crippen LogP contribution is 2.25. The van der Waals surface area contributed by atoms with Gasteiger partial charge in [-0.3, -0.25) is 0 Å². The highest BCUT2D eigenvalue weighted by molar-refractivity contribution is 9.10. The van der Waals surface area contributed by atoms with E-state index in [1.165, 1.54) is 11.3 Å². The second-order valence-corrected chi connectivity index (χ2v) is 5.86. The van der Waals surface area contributed by atoms with E-state index >= 15 is 0 Å². The number of hydrogen-bond donors (Lipinski definition) is 2. The van der Waals surface area contributed by atoms with E-state index in [0.717, 1.165) is 20.6 Å². The van der Waals surface area contributed by atoms with Gasteiger partial charge in [0.05, 0.1) is 0 Å². The molecule has 0 aliphatic rings. The van der Waals surface area contributed by atoms with E-state index in [9.17, 15) is 4.79 Å². The molecule has 18 heavy (non-hydrogen) atoms. The molecule has 5 heteroatoms. The van der Waals surface area contributed by atoms with Gasteiger partial charge in [-0.15, -0.1) is 11.3 Å². The average molecular weight is 326 g/mol. The first-order valence-corrected chi connectivity index (χ1v) is 7.00. The number of aromatic carboxylic acids is 1. The first-order valence-electron chi connectivity index (χ1n) is 5.39. The summed E-state index contributed by atoms with van der Waals surface area (Å²) in [6.45, 7) is 2.67. The van der Waals surface area contributed by atoms with Crippen molar-refractivity contribution in [3.8, 4) is 0 Å². The van der Waals surface area contributed by atoms with Gasteiger partial charge in [-0.1, -0.05) is 22.0 Å². The lowest BCUT2D eigenvalue weighted by Gasteiger charge is -2.09. The van der Waals surface area contributed by atoms with Gasteiger partial charge in [0.2, 0.25) is 0 Å². The SMILES string of the molecule is Cc1c(Br)cccc1NCc1ccc(C(=O)O)s1. The summed E-state index contributed by atoms with van der Waals surface area (Å²) >= 11 is 4.78. The predicted molar refractivity (Wildman–Crippen MR) is 77.5 cm³/mol. The van der Waals surface area contributed by atoms with Gasteiger partial charge in [-0.05, 0) is 36.8 Å². The number of carboxylic acids is 1. The molecule has 0 amide bonds. The lowest BCUT2D eigenvalue weighted by molar-refractivity contribution is 0.0702. The molecule has 0 spiro atoms. The molecule has 0 saturated carbocycles. The number of thiophene rings is 1. The van der Waals surface area contributed by atoms with Gasteiger partial charge in [0.15, 0.2) is 0 Å². The molecule has 2 N–H and O–H groups in total. The molecule has 1 aromatic carbocycles. The Bertz CT molecular complexity index is 580. The lowest BCUT2D eigenvalue weighted by atomic mass is 10.2. The van der Waals surface area contributed by atoms with Crippen LogP contribution in [-0.4, -0.2) is 11.1 Å². The molecule has 2 rings (SSSR count). The molecule has 0 aliphatic heterocycles. The highest BCUT2D eigenvalue weighted by Gasteiger charge is 2.07. The maximum atomic E-state index is 10.8. The summed E-state index contributed by atoms with van der Waals surface area (Å²) < 4.78 is 1.06. The number of hydrogen-bond acceptors (Lipinski definition) is 3. The van der Waals surface area contributed by atoms with Crippen LogP contribution in [0, 0.1) is 6.92 Å². The van der Waals surface area contributed by atoms with Gasteiger partial charge in [0, 0.05) is 21.6 Å². The van der Waals surface area contributed by atoms with Crippen LogP contribution < -0.4 is 5.32 Å². The Hall–Kier alpha value is -1.33. The number of nitrogens with one attached hydrogen (secondary N) is 1. The molecule has 0 saturated heterocycles. The number of benzene rings is 1. The van der Waals surface area contributed by atoms with Gasteiger partial charge < -0.3 is 10.4 Å². The number of rotatable bonds is 4. The summed E-state index contributed by atoms with van der Waals surface area (Å²) in [5.74, 6) is -0.870. The van der Waals surface area contributed by atoms with Gasteiger partial charge in [-0.25, -0.2) is 4.79 Å². The van der Waals surface area contributed by atoms with Crippen molar-refractivity contribution < 1.29 is 9.90 Å². The third kappa shape index (κ3) is 2.91. The van der Waals surface area contributed by atoms with Gasteiger partial charge in [0.1, 0.15) is 4.88 Å². The van der Waals surface area contributed by atoms with Crippen LogP contribution in [0.3, 0.4) is 0 Å². The summed E-state index contributed by atoms with van der Waals surface area (Å²) in [6.07, 6.45) is 0. The third-order valence-corrected chi connectivity index (χ3v) is 4.53. The minimum absolute atomic E-state index is 0.373. The Balaban J connectivity index is 2.07. The fourth-order valence-electron chi connectivity index (χ4n) is 1.57. The smallest absolute Gasteiger partial charge is 0.345 e. The molecular formula is C13H12BrNO2S. The van der Waals surface area contributed by atoms with E-state index in [1.807, 2.05) is 31.2 Å². The van der Waals surface area contributed by atoms with Crippen LogP contribution >= 0.6 is 27.3 Å². The maximum Gasteiger partial charge on any atom is 0.345 e. The van der Waals surface area contributed by atoms with Crippen LogP contribution in [0.5, 0.6) is 0 Å². The van der Waals surface area contributed by atoms with Crippen LogP contribution in [-0.2, 0) is 6.54 Å². The van der Waals surface area contributed by atoms with Crippen molar-refractivity contribution in [3.05, 3.63) is 50.1 Å². The minimum atomic E-state index is -0.870. The molecule has 0 atom stereocenters. The number of anilines is 1. The van der Waals surface area contributed by atoms with Crippen molar-refractivity contribution in [1.29, 1.82) is 0 Å². The molecule has 1 heterocycles. The van der Waals surface area contributed by atoms with E-state index in [1.54, 1.807) is 6.07 Å². The Kier molecular flexibility index (Phi) is 4.04. The van der Waals surface area contributed by atoms with E-state index < -0.39 is 5.97 Å². The van der Waals surface area contributed by atoms with Crippen molar-refractivity contribution >= 4 is 38.9 Å². The van der Waals surface area contributed by atoms with Crippen LogP contribution in [0.1, 0.15) is 20.1 Å². The van der Waals surface area contributed by atoms with Crippen molar-refractivity contribution in [1.82, 2.24) is 0 Å². The topological polar surface area (TPSA) is 49.3 Å². The number of carboxylic acid groups (broad SMARTS) is 1. The monoisotopic (exact) mass is 325 g/mol. The van der Waals surface area contributed by atoms with Gasteiger partial charge >= 0.3 is 5.97 Å². The van der Waals surface area contributed by atoms with E-state index in [2.05, 4.69) is 21.2 Å². The minimum Gasteiger partial charge on any atom is -0.477 e. The molecule has 0 unspecified atom stereocenters. The largest absolute Gasteiger partial charge is 0.477 e. The van der Waals surface area contributed by atoms with Crippen LogP contribution in [0.25, 0.3) is 0 Å². The van der Waals surface area contributed by atoms with E-state index in [4.69, 9.17) is 5.11 Å². The van der Waals surface area contributed by atoms with Crippen LogP contribution in [0.2, 0.25) is 0 Å². The number of halogens is 1. The Morgan fingerprint density at radius 1 is 1.39 bits per heavy atom. The van der Waals surface area contributed by atoms with Crippen molar-refractivity contribution in [2.75, 3.05) is 5.32 Å². The summed E-state index contributed by atoms with van der Waals surface area (Å²) in [5.41, 5.74) is 2.20. The molecule has 3 nitrogen and oxygen atoms in total. The molecule has 0 radical (unpaired) electrons. The molecular weight excluding hydrogens is 314 g/mol. The van der Waals surface area contributed by atoms with E-state index in [0.29, 0.717) is 11.4 Å². The molecule has 0 aliphatic carbocycles. The summed E-state index contributed by atoms with van der Waals surface area (Å²) in [4.78, 5) is 12.2. The van der Waals surface area contributed by atoms with Crippen LogP contribution in [0.4, 0.5) is 5.69 Å². The molecule has 2 aromatic rings. The van der Waals surface area contributed by atoms with Gasteiger partial charge in [0.25, 0.3) is 0 Å². The predicted octanol–water partition coefficient (Wildman–Crippen LogP) is 4.13. The summed E-state index contributed by atoms with van der Waals surface area (Å²) in [7, 11) is 0. The first kappa shape index (κ1) is 13.1. The average Bonchev–Trinajstić information content (AvgIpc) is 2.80. The zero-order chi connectivity index (χ0) is 13.1. The standard InChI is InChI=1S/C13H12BrNO2S/c1-8-10(14)3-2-4-11(8)15-7-9-5-6-12(18-9)13(16)17/h2-6,15H,7H2,1H3,(H,16,17). The zero-order valence-corrected chi connectivity index (χ0v) is 12.1. The fourth-order valence-corrected chi connectivity index (χ4v) is 2.72. The molecule has 1 aromatic heterocycles. The number of carbonyl (C=O) groups is 1. The summed E-state index contributed by atoms with van der Waals surface area (Å²) in [5, 5.41) is 12.2. The molecule has 94 valence electrons. The summed E-state index contributed by atoms with van der Waals surface area (Å²) in [6, 6.07) is 9.45. The first-order chi connectivity index (χ1) is 8.58. The zero-order valence-electron chi connectivity index (χ0n) is 9.74. The third-order valence-electron chi connectivity index (χ3n) is 2.59.